The highest BCUT2D eigenvalue weighted by Gasteiger charge is 2.20. The van der Waals surface area contributed by atoms with Gasteiger partial charge in [0, 0.05) is 10.8 Å². The smallest absolute Gasteiger partial charge is 0.360 e. The van der Waals surface area contributed by atoms with E-state index in [4.69, 9.17) is 21.1 Å². The Bertz CT molecular complexity index is 672. The molecule has 0 unspecified atom stereocenters. The SMILES string of the molecule is CCCCOC(=O)c1nc(Cl)c2cc(OC)ccc2c1O. The van der Waals surface area contributed by atoms with E-state index in [1.165, 1.54) is 7.11 Å². The number of carbonyl (C=O) groups is 1. The highest BCUT2D eigenvalue weighted by atomic mass is 35.5. The topological polar surface area (TPSA) is 68.7 Å². The fourth-order valence-corrected chi connectivity index (χ4v) is 2.13. The van der Waals surface area contributed by atoms with Gasteiger partial charge in [-0.2, -0.15) is 0 Å². The maximum atomic E-state index is 11.9. The van der Waals surface area contributed by atoms with Gasteiger partial charge < -0.3 is 14.6 Å². The number of aromatic nitrogens is 1. The predicted molar refractivity (Wildman–Crippen MR) is 80.2 cm³/mol. The molecular weight excluding hydrogens is 294 g/mol. The summed E-state index contributed by atoms with van der Waals surface area (Å²) in [6.45, 7) is 2.28. The summed E-state index contributed by atoms with van der Waals surface area (Å²) in [6.07, 6.45) is 1.66. The van der Waals surface area contributed by atoms with Crippen LogP contribution in [0, 0.1) is 0 Å². The number of hydrogen-bond donors (Lipinski definition) is 1. The summed E-state index contributed by atoms with van der Waals surface area (Å²) in [6, 6.07) is 4.95. The van der Waals surface area contributed by atoms with Gasteiger partial charge in [-0.15, -0.1) is 0 Å². The lowest BCUT2D eigenvalue weighted by molar-refractivity contribution is 0.0489. The summed E-state index contributed by atoms with van der Waals surface area (Å²) < 4.78 is 10.2. The van der Waals surface area contributed by atoms with Crippen molar-refractivity contribution in [3.05, 3.63) is 29.0 Å². The highest BCUT2D eigenvalue weighted by Crippen LogP contribution is 2.34. The third kappa shape index (κ3) is 3.19. The minimum absolute atomic E-state index is 0.115. The molecule has 0 saturated heterocycles. The molecule has 1 aromatic carbocycles. The van der Waals surface area contributed by atoms with Gasteiger partial charge in [-0.1, -0.05) is 24.9 Å². The number of carbonyl (C=O) groups excluding carboxylic acids is 1. The minimum atomic E-state index is -0.680. The largest absolute Gasteiger partial charge is 0.505 e. The molecular formula is C15H16ClNO4. The first kappa shape index (κ1) is 15.4. The number of halogens is 1. The van der Waals surface area contributed by atoms with Crippen LogP contribution in [-0.4, -0.2) is 29.8 Å². The Morgan fingerprint density at radius 1 is 1.38 bits per heavy atom. The van der Waals surface area contributed by atoms with E-state index >= 15 is 0 Å². The van der Waals surface area contributed by atoms with Gasteiger partial charge in [0.25, 0.3) is 0 Å². The molecule has 0 amide bonds. The zero-order valence-electron chi connectivity index (χ0n) is 11.9. The molecule has 0 fully saturated rings. The van der Waals surface area contributed by atoms with Crippen LogP contribution in [0.4, 0.5) is 0 Å². The fourth-order valence-electron chi connectivity index (χ4n) is 1.89. The van der Waals surface area contributed by atoms with Crippen LogP contribution in [0.25, 0.3) is 10.8 Å². The van der Waals surface area contributed by atoms with Crippen molar-refractivity contribution in [3.63, 3.8) is 0 Å². The number of benzene rings is 1. The number of ether oxygens (including phenoxy) is 2. The number of unbranched alkanes of at least 4 members (excludes halogenated alkanes) is 1. The Balaban J connectivity index is 2.42. The first-order chi connectivity index (χ1) is 10.1. The quantitative estimate of drug-likeness (QED) is 0.519. The van der Waals surface area contributed by atoms with Gasteiger partial charge in [-0.3, -0.25) is 0 Å². The van der Waals surface area contributed by atoms with E-state index in [-0.39, 0.29) is 23.2 Å². The number of hydrogen-bond acceptors (Lipinski definition) is 5. The lowest BCUT2D eigenvalue weighted by Crippen LogP contribution is -2.09. The van der Waals surface area contributed by atoms with E-state index in [1.807, 2.05) is 6.92 Å². The van der Waals surface area contributed by atoms with E-state index in [1.54, 1.807) is 18.2 Å². The molecule has 0 aliphatic carbocycles. The van der Waals surface area contributed by atoms with Crippen LogP contribution in [0.3, 0.4) is 0 Å². The Hall–Kier alpha value is -2.01. The second-order valence-electron chi connectivity index (χ2n) is 4.50. The van der Waals surface area contributed by atoms with E-state index in [9.17, 15) is 9.90 Å². The molecule has 0 radical (unpaired) electrons. The number of methoxy groups -OCH3 is 1. The standard InChI is InChI=1S/C15H16ClNO4/c1-3-4-7-21-15(19)12-13(18)10-6-5-9(20-2)8-11(10)14(16)17-12/h5-6,8,18H,3-4,7H2,1-2H3. The first-order valence-corrected chi connectivity index (χ1v) is 6.99. The molecule has 112 valence electrons. The van der Waals surface area contributed by atoms with Crippen LogP contribution >= 0.6 is 11.6 Å². The number of esters is 1. The summed E-state index contributed by atoms with van der Waals surface area (Å²) in [5.74, 6) is -0.331. The molecule has 21 heavy (non-hydrogen) atoms. The molecule has 0 saturated carbocycles. The molecule has 2 rings (SSSR count). The second-order valence-corrected chi connectivity index (χ2v) is 4.86. The van der Waals surface area contributed by atoms with Crippen LogP contribution < -0.4 is 4.74 Å². The Kier molecular flexibility index (Phi) is 4.85. The first-order valence-electron chi connectivity index (χ1n) is 6.61. The fraction of sp³-hybridized carbons (Fsp3) is 0.333. The predicted octanol–water partition coefficient (Wildman–Crippen LogP) is 3.56. The van der Waals surface area contributed by atoms with Crippen molar-refractivity contribution in [1.82, 2.24) is 4.98 Å². The average molecular weight is 310 g/mol. The zero-order valence-corrected chi connectivity index (χ0v) is 12.6. The Morgan fingerprint density at radius 3 is 2.81 bits per heavy atom. The van der Waals surface area contributed by atoms with E-state index < -0.39 is 5.97 Å². The lowest BCUT2D eigenvalue weighted by Gasteiger charge is -2.10. The van der Waals surface area contributed by atoms with Gasteiger partial charge in [0.1, 0.15) is 10.9 Å². The van der Waals surface area contributed by atoms with Crippen molar-refractivity contribution >= 4 is 28.3 Å². The Labute approximate surface area is 127 Å². The summed E-state index contributed by atoms with van der Waals surface area (Å²) in [5, 5.41) is 11.3. The third-order valence-corrected chi connectivity index (χ3v) is 3.35. The van der Waals surface area contributed by atoms with Crippen LogP contribution in [0.5, 0.6) is 11.5 Å². The number of pyridine rings is 1. The van der Waals surface area contributed by atoms with Crippen molar-refractivity contribution in [2.45, 2.75) is 19.8 Å². The van der Waals surface area contributed by atoms with Crippen molar-refractivity contribution in [2.75, 3.05) is 13.7 Å². The molecule has 0 bridgehead atoms. The minimum Gasteiger partial charge on any atom is -0.505 e. The van der Waals surface area contributed by atoms with Crippen molar-refractivity contribution in [2.24, 2.45) is 0 Å². The van der Waals surface area contributed by atoms with Crippen LogP contribution in [0.1, 0.15) is 30.3 Å². The number of nitrogens with zero attached hydrogens (tertiary/aromatic N) is 1. The van der Waals surface area contributed by atoms with Crippen molar-refractivity contribution < 1.29 is 19.4 Å². The summed E-state index contributed by atoms with van der Waals surface area (Å²) in [4.78, 5) is 15.9. The maximum Gasteiger partial charge on any atom is 0.360 e. The van der Waals surface area contributed by atoms with Gasteiger partial charge in [0.2, 0.25) is 0 Å². The van der Waals surface area contributed by atoms with Gasteiger partial charge in [0.15, 0.2) is 11.4 Å². The molecule has 0 aliphatic rings. The van der Waals surface area contributed by atoms with Crippen LogP contribution in [-0.2, 0) is 4.74 Å². The number of rotatable bonds is 5. The maximum absolute atomic E-state index is 11.9. The average Bonchev–Trinajstić information content (AvgIpc) is 2.50. The molecule has 0 spiro atoms. The van der Waals surface area contributed by atoms with E-state index in [2.05, 4.69) is 4.98 Å². The number of fused-ring (bicyclic) bond motifs is 1. The molecule has 0 aliphatic heterocycles. The molecule has 0 atom stereocenters. The molecule has 2 aromatic rings. The molecule has 6 heteroatoms. The summed E-state index contributed by atoms with van der Waals surface area (Å²) in [5.41, 5.74) is -0.172. The van der Waals surface area contributed by atoms with Gasteiger partial charge in [-0.05, 0) is 24.6 Å². The summed E-state index contributed by atoms with van der Waals surface area (Å²) >= 11 is 6.08. The molecule has 5 nitrogen and oxygen atoms in total. The Morgan fingerprint density at radius 2 is 2.14 bits per heavy atom. The molecule has 1 heterocycles. The van der Waals surface area contributed by atoms with Gasteiger partial charge in [-0.25, -0.2) is 9.78 Å². The normalized spacial score (nSPS) is 10.6. The highest BCUT2D eigenvalue weighted by molar-refractivity contribution is 6.35. The van der Waals surface area contributed by atoms with Crippen LogP contribution in [0.2, 0.25) is 5.15 Å². The summed E-state index contributed by atoms with van der Waals surface area (Å²) in [7, 11) is 1.53. The van der Waals surface area contributed by atoms with E-state index in [0.717, 1.165) is 12.8 Å². The van der Waals surface area contributed by atoms with Crippen LogP contribution in [0.15, 0.2) is 18.2 Å². The van der Waals surface area contributed by atoms with E-state index in [0.29, 0.717) is 16.5 Å². The number of aromatic hydroxyl groups is 1. The third-order valence-electron chi connectivity index (χ3n) is 3.06. The van der Waals surface area contributed by atoms with Crippen molar-refractivity contribution in [3.8, 4) is 11.5 Å². The van der Waals surface area contributed by atoms with Gasteiger partial charge >= 0.3 is 5.97 Å². The monoisotopic (exact) mass is 309 g/mol. The molecule has 1 N–H and O–H groups in total. The zero-order chi connectivity index (χ0) is 15.4. The van der Waals surface area contributed by atoms with Gasteiger partial charge in [0.05, 0.1) is 13.7 Å². The lowest BCUT2D eigenvalue weighted by atomic mass is 10.1. The molecule has 1 aromatic heterocycles. The second kappa shape index (κ2) is 6.63. The van der Waals surface area contributed by atoms with Crippen molar-refractivity contribution in [1.29, 1.82) is 0 Å².